The molecule has 26 heavy (non-hydrogen) atoms. The lowest BCUT2D eigenvalue weighted by atomic mass is 10.0. The van der Waals surface area contributed by atoms with Crippen molar-refractivity contribution in [3.8, 4) is 0 Å². The molecule has 0 saturated carbocycles. The van der Waals surface area contributed by atoms with Gasteiger partial charge in [0.25, 0.3) is 0 Å². The molecule has 0 aromatic heterocycles. The molecule has 0 N–H and O–H groups in total. The van der Waals surface area contributed by atoms with E-state index in [0.717, 1.165) is 26.1 Å². The number of hydrogen-bond donors (Lipinski definition) is 0. The van der Waals surface area contributed by atoms with Gasteiger partial charge in [0.15, 0.2) is 0 Å². The minimum atomic E-state index is 0.748. The molecule has 1 aliphatic rings. The van der Waals surface area contributed by atoms with Crippen molar-refractivity contribution < 1.29 is 4.84 Å². The highest BCUT2D eigenvalue weighted by atomic mass is 16.7. The fourth-order valence-electron chi connectivity index (χ4n) is 3.81. The standard InChI is InChI=1S/C23H46N2O/c1-3-5-6-7-8-9-10-11-12-13-14-15-16-17-18-19-20-23-24-21-22-25(23)26-4-2/h3-22H2,1-2H3. The van der Waals surface area contributed by atoms with Crippen LogP contribution in [0.15, 0.2) is 4.99 Å². The molecule has 0 aliphatic carbocycles. The third-order valence-electron chi connectivity index (χ3n) is 5.42. The van der Waals surface area contributed by atoms with Crippen LogP contribution in [-0.4, -0.2) is 30.6 Å². The van der Waals surface area contributed by atoms with E-state index < -0.39 is 0 Å². The predicted molar refractivity (Wildman–Crippen MR) is 115 cm³/mol. The first-order valence-electron chi connectivity index (χ1n) is 11.8. The Balaban J connectivity index is 1.75. The Morgan fingerprint density at radius 1 is 0.692 bits per heavy atom. The van der Waals surface area contributed by atoms with Crippen molar-refractivity contribution in [3.63, 3.8) is 0 Å². The molecule has 0 amide bonds. The Bertz CT molecular complexity index is 330. The molecule has 1 rings (SSSR count). The lowest BCUT2D eigenvalue weighted by molar-refractivity contribution is -0.0864. The van der Waals surface area contributed by atoms with E-state index in [1.54, 1.807) is 0 Å². The number of rotatable bonds is 19. The smallest absolute Gasteiger partial charge is 0.123 e. The van der Waals surface area contributed by atoms with Gasteiger partial charge < -0.3 is 0 Å². The Hall–Kier alpha value is -0.570. The van der Waals surface area contributed by atoms with Crippen LogP contribution in [0.4, 0.5) is 0 Å². The van der Waals surface area contributed by atoms with Crippen molar-refractivity contribution >= 4 is 5.84 Å². The number of hydroxylamine groups is 2. The number of hydrogen-bond acceptors (Lipinski definition) is 3. The molecule has 1 heterocycles. The highest BCUT2D eigenvalue weighted by Crippen LogP contribution is 2.15. The van der Waals surface area contributed by atoms with Crippen LogP contribution in [0.3, 0.4) is 0 Å². The zero-order chi connectivity index (χ0) is 18.7. The molecule has 3 heteroatoms. The van der Waals surface area contributed by atoms with Crippen LogP contribution in [0.5, 0.6) is 0 Å². The highest BCUT2D eigenvalue weighted by Gasteiger charge is 2.16. The largest absolute Gasteiger partial charge is 0.273 e. The van der Waals surface area contributed by atoms with E-state index in [2.05, 4.69) is 11.9 Å². The lowest BCUT2D eigenvalue weighted by Gasteiger charge is -2.18. The molecule has 0 atom stereocenters. The summed E-state index contributed by atoms with van der Waals surface area (Å²) in [5.74, 6) is 1.18. The zero-order valence-electron chi connectivity index (χ0n) is 17.9. The molecule has 0 radical (unpaired) electrons. The maximum atomic E-state index is 5.60. The first kappa shape index (κ1) is 23.5. The van der Waals surface area contributed by atoms with E-state index in [1.807, 2.05) is 12.0 Å². The SMILES string of the molecule is CCCCCCCCCCCCCCCCCCC1=NCCN1OCC. The van der Waals surface area contributed by atoms with Crippen LogP contribution in [-0.2, 0) is 4.84 Å². The maximum absolute atomic E-state index is 5.60. The lowest BCUT2D eigenvalue weighted by Crippen LogP contribution is -2.27. The maximum Gasteiger partial charge on any atom is 0.123 e. The quantitative estimate of drug-likeness (QED) is 0.224. The number of unbranched alkanes of at least 4 members (excludes halogenated alkanes) is 15. The van der Waals surface area contributed by atoms with E-state index in [0.29, 0.717) is 0 Å². The van der Waals surface area contributed by atoms with Crippen LogP contribution in [0.1, 0.15) is 123 Å². The summed E-state index contributed by atoms with van der Waals surface area (Å²) in [5, 5.41) is 2.01. The van der Waals surface area contributed by atoms with Gasteiger partial charge in [0.1, 0.15) is 5.84 Å². The molecule has 0 unspecified atom stereocenters. The third kappa shape index (κ3) is 12.7. The van der Waals surface area contributed by atoms with E-state index in [-0.39, 0.29) is 0 Å². The minimum Gasteiger partial charge on any atom is -0.273 e. The zero-order valence-corrected chi connectivity index (χ0v) is 17.9. The topological polar surface area (TPSA) is 24.8 Å². The molecule has 1 aliphatic heterocycles. The molecule has 3 nitrogen and oxygen atoms in total. The monoisotopic (exact) mass is 366 g/mol. The summed E-state index contributed by atoms with van der Waals surface area (Å²) in [7, 11) is 0. The van der Waals surface area contributed by atoms with Gasteiger partial charge in [0.05, 0.1) is 19.7 Å². The first-order chi connectivity index (χ1) is 12.9. The van der Waals surface area contributed by atoms with E-state index >= 15 is 0 Å². The molecular weight excluding hydrogens is 320 g/mol. The van der Waals surface area contributed by atoms with Crippen molar-refractivity contribution in [1.82, 2.24) is 5.06 Å². The van der Waals surface area contributed by atoms with Gasteiger partial charge in [-0.05, 0) is 13.3 Å². The van der Waals surface area contributed by atoms with Gasteiger partial charge >= 0.3 is 0 Å². The number of amidine groups is 1. The average molecular weight is 367 g/mol. The van der Waals surface area contributed by atoms with Crippen molar-refractivity contribution in [2.45, 2.75) is 123 Å². The van der Waals surface area contributed by atoms with Crippen LogP contribution in [0.2, 0.25) is 0 Å². The summed E-state index contributed by atoms with van der Waals surface area (Å²) in [5.41, 5.74) is 0. The molecular formula is C23H46N2O. The van der Waals surface area contributed by atoms with Crippen LogP contribution >= 0.6 is 0 Å². The molecule has 0 saturated heterocycles. The Labute approximate surface area is 163 Å². The van der Waals surface area contributed by atoms with E-state index in [4.69, 9.17) is 4.84 Å². The summed E-state index contributed by atoms with van der Waals surface area (Å²) in [6.45, 7) is 6.95. The van der Waals surface area contributed by atoms with Gasteiger partial charge in [0.2, 0.25) is 0 Å². The van der Waals surface area contributed by atoms with Crippen LogP contribution in [0.25, 0.3) is 0 Å². The average Bonchev–Trinajstić information content (AvgIpc) is 3.09. The Kier molecular flexibility index (Phi) is 16.1. The van der Waals surface area contributed by atoms with Gasteiger partial charge in [-0.25, -0.2) is 5.06 Å². The van der Waals surface area contributed by atoms with Gasteiger partial charge in [-0.15, -0.1) is 0 Å². The second-order valence-electron chi connectivity index (χ2n) is 7.87. The minimum absolute atomic E-state index is 0.748. The van der Waals surface area contributed by atoms with Gasteiger partial charge in [-0.1, -0.05) is 103 Å². The molecule has 0 aromatic rings. The summed E-state index contributed by atoms with van der Waals surface area (Å²) in [6.07, 6.45) is 23.9. The van der Waals surface area contributed by atoms with Gasteiger partial charge in [-0.3, -0.25) is 9.83 Å². The van der Waals surface area contributed by atoms with Crippen molar-refractivity contribution in [1.29, 1.82) is 0 Å². The normalized spacial score (nSPS) is 14.2. The fraction of sp³-hybridized carbons (Fsp3) is 0.957. The third-order valence-corrected chi connectivity index (χ3v) is 5.42. The Morgan fingerprint density at radius 3 is 1.62 bits per heavy atom. The number of nitrogens with zero attached hydrogens (tertiary/aromatic N) is 2. The summed E-state index contributed by atoms with van der Waals surface area (Å²) < 4.78 is 0. The van der Waals surface area contributed by atoms with Gasteiger partial charge in [-0.2, -0.15) is 0 Å². The second-order valence-corrected chi connectivity index (χ2v) is 7.87. The molecule has 0 spiro atoms. The van der Waals surface area contributed by atoms with Gasteiger partial charge in [0, 0.05) is 6.42 Å². The van der Waals surface area contributed by atoms with Crippen molar-refractivity contribution in [2.24, 2.45) is 4.99 Å². The van der Waals surface area contributed by atoms with E-state index in [1.165, 1.54) is 109 Å². The fourth-order valence-corrected chi connectivity index (χ4v) is 3.81. The second kappa shape index (κ2) is 17.8. The van der Waals surface area contributed by atoms with Crippen LogP contribution in [0, 0.1) is 0 Å². The van der Waals surface area contributed by atoms with Crippen molar-refractivity contribution in [2.75, 3.05) is 19.7 Å². The molecule has 0 fully saturated rings. The highest BCUT2D eigenvalue weighted by molar-refractivity contribution is 5.82. The summed E-state index contributed by atoms with van der Waals surface area (Å²) in [6, 6.07) is 0. The Morgan fingerprint density at radius 2 is 1.15 bits per heavy atom. The summed E-state index contributed by atoms with van der Waals surface area (Å²) in [4.78, 5) is 10.2. The molecule has 154 valence electrons. The number of aliphatic imine (C=N–C) groups is 1. The predicted octanol–water partition coefficient (Wildman–Crippen LogP) is 7.30. The van der Waals surface area contributed by atoms with Crippen molar-refractivity contribution in [3.05, 3.63) is 0 Å². The summed E-state index contributed by atoms with van der Waals surface area (Å²) >= 11 is 0. The molecule has 0 aromatic carbocycles. The van der Waals surface area contributed by atoms with E-state index in [9.17, 15) is 0 Å². The molecule has 0 bridgehead atoms. The first-order valence-corrected chi connectivity index (χ1v) is 11.8. The van der Waals surface area contributed by atoms with Crippen LogP contribution < -0.4 is 0 Å².